The summed E-state index contributed by atoms with van der Waals surface area (Å²) in [5.41, 5.74) is 0. The summed E-state index contributed by atoms with van der Waals surface area (Å²) in [7, 11) is -3.04. The van der Waals surface area contributed by atoms with Gasteiger partial charge in [-0.05, 0) is 25.2 Å². The monoisotopic (exact) mass is 287 g/mol. The fraction of sp³-hybridized carbons (Fsp3) is 0.833. The van der Waals surface area contributed by atoms with Crippen LogP contribution in [-0.2, 0) is 16.4 Å². The van der Waals surface area contributed by atoms with E-state index in [1.807, 2.05) is 6.92 Å². The highest BCUT2D eigenvalue weighted by molar-refractivity contribution is 7.89. The molecule has 1 aromatic heterocycles. The van der Waals surface area contributed by atoms with E-state index in [1.165, 1.54) is 0 Å². The minimum Gasteiger partial charge on any atom is -0.340 e. The van der Waals surface area contributed by atoms with E-state index < -0.39 is 10.0 Å². The highest BCUT2D eigenvalue weighted by Crippen LogP contribution is 2.23. The molecule has 0 bridgehead atoms. The second kappa shape index (κ2) is 6.00. The van der Waals surface area contributed by atoms with E-state index in [2.05, 4.69) is 10.1 Å². The van der Waals surface area contributed by atoms with Gasteiger partial charge >= 0.3 is 0 Å². The molecule has 7 heteroatoms. The number of nitrogens with zero attached hydrogens (tertiary/aromatic N) is 3. The normalized spacial score (nSPS) is 21.1. The molecule has 1 saturated heterocycles. The number of hydrogen-bond donors (Lipinski definition) is 0. The Morgan fingerprint density at radius 3 is 2.89 bits per heavy atom. The van der Waals surface area contributed by atoms with Crippen LogP contribution < -0.4 is 0 Å². The lowest BCUT2D eigenvalue weighted by Crippen LogP contribution is -2.30. The summed E-state index contributed by atoms with van der Waals surface area (Å²) >= 11 is 0. The molecular formula is C12H21N3O3S. The molecule has 0 aliphatic carbocycles. The number of hydrogen-bond acceptors (Lipinski definition) is 5. The molecule has 2 heterocycles. The summed E-state index contributed by atoms with van der Waals surface area (Å²) < 4.78 is 30.4. The Balaban J connectivity index is 1.82. The first kappa shape index (κ1) is 14.5. The molecule has 19 heavy (non-hydrogen) atoms. The van der Waals surface area contributed by atoms with Crippen molar-refractivity contribution in [1.82, 2.24) is 14.4 Å². The van der Waals surface area contributed by atoms with Crippen molar-refractivity contribution in [1.29, 1.82) is 0 Å². The SMILES string of the molecule is CCCS(=O)(=O)N1CCC(CCc2noc(C)n2)C1. The number of rotatable bonds is 6. The smallest absolute Gasteiger partial charge is 0.223 e. The summed E-state index contributed by atoms with van der Waals surface area (Å²) in [5, 5.41) is 3.86. The molecule has 0 spiro atoms. The summed E-state index contributed by atoms with van der Waals surface area (Å²) in [6, 6.07) is 0. The van der Waals surface area contributed by atoms with Gasteiger partial charge in [0.05, 0.1) is 5.75 Å². The van der Waals surface area contributed by atoms with Gasteiger partial charge in [0.2, 0.25) is 15.9 Å². The Morgan fingerprint density at radius 1 is 1.47 bits per heavy atom. The van der Waals surface area contributed by atoms with Crippen LogP contribution in [0, 0.1) is 12.8 Å². The highest BCUT2D eigenvalue weighted by atomic mass is 32.2. The van der Waals surface area contributed by atoms with Gasteiger partial charge in [-0.2, -0.15) is 4.98 Å². The van der Waals surface area contributed by atoms with Gasteiger partial charge in [-0.1, -0.05) is 12.1 Å². The largest absolute Gasteiger partial charge is 0.340 e. The van der Waals surface area contributed by atoms with Crippen molar-refractivity contribution in [3.05, 3.63) is 11.7 Å². The third kappa shape index (κ3) is 3.76. The molecule has 1 atom stereocenters. The van der Waals surface area contributed by atoms with Crippen molar-refractivity contribution in [2.45, 2.75) is 39.5 Å². The molecule has 2 rings (SSSR count). The maximum Gasteiger partial charge on any atom is 0.223 e. The van der Waals surface area contributed by atoms with Crippen LogP contribution in [0.2, 0.25) is 0 Å². The number of aromatic nitrogens is 2. The summed E-state index contributed by atoms with van der Waals surface area (Å²) in [5.74, 6) is 1.95. The Kier molecular flexibility index (Phi) is 4.57. The quantitative estimate of drug-likeness (QED) is 0.790. The molecular weight excluding hydrogens is 266 g/mol. The average Bonchev–Trinajstić information content (AvgIpc) is 2.95. The van der Waals surface area contributed by atoms with E-state index >= 15 is 0 Å². The van der Waals surface area contributed by atoms with Crippen LogP contribution in [0.15, 0.2) is 4.52 Å². The van der Waals surface area contributed by atoms with Crippen molar-refractivity contribution in [3.63, 3.8) is 0 Å². The van der Waals surface area contributed by atoms with Crippen LogP contribution in [-0.4, -0.2) is 41.7 Å². The Labute approximate surface area is 114 Å². The van der Waals surface area contributed by atoms with E-state index in [0.29, 0.717) is 37.1 Å². The Bertz CT molecular complexity index is 512. The molecule has 0 radical (unpaired) electrons. The van der Waals surface area contributed by atoms with E-state index in [4.69, 9.17) is 4.52 Å². The topological polar surface area (TPSA) is 76.3 Å². The molecule has 0 saturated carbocycles. The van der Waals surface area contributed by atoms with Crippen LogP contribution in [0.3, 0.4) is 0 Å². The maximum absolute atomic E-state index is 11.9. The molecule has 1 aromatic rings. The Hall–Kier alpha value is -0.950. The minimum atomic E-state index is -3.04. The fourth-order valence-electron chi connectivity index (χ4n) is 2.45. The zero-order chi connectivity index (χ0) is 13.9. The lowest BCUT2D eigenvalue weighted by Gasteiger charge is -2.15. The molecule has 1 aliphatic heterocycles. The first-order chi connectivity index (χ1) is 9.01. The van der Waals surface area contributed by atoms with Crippen molar-refractivity contribution >= 4 is 10.0 Å². The van der Waals surface area contributed by atoms with Gasteiger partial charge in [0.1, 0.15) is 0 Å². The van der Waals surface area contributed by atoms with E-state index in [9.17, 15) is 8.42 Å². The fourth-order valence-corrected chi connectivity index (χ4v) is 4.04. The predicted octanol–water partition coefficient (Wildman–Crippen LogP) is 1.37. The van der Waals surface area contributed by atoms with Gasteiger partial charge in [-0.15, -0.1) is 0 Å². The molecule has 1 fully saturated rings. The van der Waals surface area contributed by atoms with Gasteiger partial charge < -0.3 is 4.52 Å². The number of aryl methyl sites for hydroxylation is 2. The van der Waals surface area contributed by atoms with E-state index in [-0.39, 0.29) is 5.75 Å². The molecule has 1 unspecified atom stereocenters. The van der Waals surface area contributed by atoms with Gasteiger partial charge in [-0.25, -0.2) is 12.7 Å². The lowest BCUT2D eigenvalue weighted by molar-refractivity contribution is 0.383. The second-order valence-corrected chi connectivity index (χ2v) is 7.19. The van der Waals surface area contributed by atoms with Crippen LogP contribution in [0.5, 0.6) is 0 Å². The van der Waals surface area contributed by atoms with Gasteiger partial charge in [0.15, 0.2) is 5.82 Å². The average molecular weight is 287 g/mol. The van der Waals surface area contributed by atoms with Gasteiger partial charge in [-0.3, -0.25) is 0 Å². The first-order valence-corrected chi connectivity index (χ1v) is 8.39. The van der Waals surface area contributed by atoms with Crippen molar-refractivity contribution in [3.8, 4) is 0 Å². The molecule has 6 nitrogen and oxygen atoms in total. The van der Waals surface area contributed by atoms with E-state index in [1.54, 1.807) is 11.2 Å². The molecule has 0 amide bonds. The third-order valence-electron chi connectivity index (χ3n) is 3.45. The van der Waals surface area contributed by atoms with Crippen molar-refractivity contribution < 1.29 is 12.9 Å². The minimum absolute atomic E-state index is 0.254. The van der Waals surface area contributed by atoms with E-state index in [0.717, 1.165) is 19.3 Å². The highest BCUT2D eigenvalue weighted by Gasteiger charge is 2.30. The maximum atomic E-state index is 11.9. The standard InChI is InChI=1S/C12H21N3O3S/c1-3-8-19(16,17)15-7-6-11(9-15)4-5-12-13-10(2)18-14-12/h11H,3-9H2,1-2H3. The molecule has 0 aromatic carbocycles. The molecule has 108 valence electrons. The van der Waals surface area contributed by atoms with Gasteiger partial charge in [0, 0.05) is 26.4 Å². The molecule has 1 aliphatic rings. The Morgan fingerprint density at radius 2 is 2.26 bits per heavy atom. The van der Waals surface area contributed by atoms with Crippen LogP contribution >= 0.6 is 0 Å². The zero-order valence-electron chi connectivity index (χ0n) is 11.5. The predicted molar refractivity (Wildman–Crippen MR) is 71.1 cm³/mol. The third-order valence-corrected chi connectivity index (χ3v) is 5.49. The van der Waals surface area contributed by atoms with Crippen molar-refractivity contribution in [2.75, 3.05) is 18.8 Å². The second-order valence-electron chi connectivity index (χ2n) is 5.10. The molecule has 0 N–H and O–H groups in total. The lowest BCUT2D eigenvalue weighted by atomic mass is 10.0. The van der Waals surface area contributed by atoms with Crippen LogP contribution in [0.25, 0.3) is 0 Å². The summed E-state index contributed by atoms with van der Waals surface area (Å²) in [6.07, 6.45) is 3.27. The first-order valence-electron chi connectivity index (χ1n) is 6.78. The van der Waals surface area contributed by atoms with Crippen molar-refractivity contribution in [2.24, 2.45) is 5.92 Å². The van der Waals surface area contributed by atoms with Crippen LogP contribution in [0.1, 0.15) is 37.9 Å². The zero-order valence-corrected chi connectivity index (χ0v) is 12.3. The van der Waals surface area contributed by atoms with Crippen LogP contribution in [0.4, 0.5) is 0 Å². The summed E-state index contributed by atoms with van der Waals surface area (Å²) in [6.45, 7) is 4.95. The number of sulfonamides is 1. The summed E-state index contributed by atoms with van der Waals surface area (Å²) in [4.78, 5) is 4.16. The van der Waals surface area contributed by atoms with Gasteiger partial charge in [0.25, 0.3) is 0 Å².